The summed E-state index contributed by atoms with van der Waals surface area (Å²) < 4.78 is 5.13. The van der Waals surface area contributed by atoms with Gasteiger partial charge in [-0.25, -0.2) is 0 Å². The van der Waals surface area contributed by atoms with Crippen LogP contribution in [0.1, 0.15) is 32.3 Å². The van der Waals surface area contributed by atoms with Crippen LogP contribution >= 0.6 is 0 Å². The van der Waals surface area contributed by atoms with E-state index >= 15 is 0 Å². The van der Waals surface area contributed by atoms with E-state index in [1.165, 1.54) is 6.92 Å². The molecule has 1 heterocycles. The molecule has 1 fully saturated rings. The standard InChI is InChI=1S/C17H24N2O4/c1-12(20)18-11-16(21)19-10-4-5-15(19)17(2,22)13-6-8-14(23-3)9-7-13/h6-9,15,22H,4-5,10-11H2,1-3H3,(H,18,20)/t15-,17-/m0/s1. The van der Waals surface area contributed by atoms with E-state index in [4.69, 9.17) is 4.74 Å². The molecule has 2 N–H and O–H groups in total. The van der Waals surface area contributed by atoms with Crippen LogP contribution in [-0.2, 0) is 15.2 Å². The number of amides is 2. The van der Waals surface area contributed by atoms with Crippen LogP contribution < -0.4 is 10.1 Å². The Balaban J connectivity index is 2.15. The molecule has 0 unspecified atom stereocenters. The number of nitrogens with zero attached hydrogens (tertiary/aromatic N) is 1. The number of aliphatic hydroxyl groups is 1. The fourth-order valence-electron chi connectivity index (χ4n) is 3.07. The van der Waals surface area contributed by atoms with Gasteiger partial charge in [-0.15, -0.1) is 0 Å². The highest BCUT2D eigenvalue weighted by Crippen LogP contribution is 2.35. The summed E-state index contributed by atoms with van der Waals surface area (Å²) in [6, 6.07) is 6.91. The van der Waals surface area contributed by atoms with Gasteiger partial charge in [0.05, 0.1) is 19.7 Å². The van der Waals surface area contributed by atoms with Gasteiger partial charge in [0.2, 0.25) is 11.8 Å². The zero-order chi connectivity index (χ0) is 17.0. The minimum Gasteiger partial charge on any atom is -0.497 e. The van der Waals surface area contributed by atoms with Crippen molar-refractivity contribution in [2.45, 2.75) is 38.3 Å². The quantitative estimate of drug-likeness (QED) is 0.849. The lowest BCUT2D eigenvalue weighted by Crippen LogP contribution is -2.50. The van der Waals surface area contributed by atoms with Gasteiger partial charge in [-0.05, 0) is 37.5 Å². The Labute approximate surface area is 136 Å². The molecule has 6 nitrogen and oxygen atoms in total. The van der Waals surface area contributed by atoms with Gasteiger partial charge in [-0.3, -0.25) is 9.59 Å². The molecule has 2 amide bonds. The zero-order valence-corrected chi connectivity index (χ0v) is 13.8. The van der Waals surface area contributed by atoms with Crippen molar-refractivity contribution in [1.29, 1.82) is 0 Å². The lowest BCUT2D eigenvalue weighted by Gasteiger charge is -2.37. The second-order valence-corrected chi connectivity index (χ2v) is 6.03. The van der Waals surface area contributed by atoms with E-state index in [1.54, 1.807) is 31.1 Å². The molecule has 1 aromatic rings. The predicted octanol–water partition coefficient (Wildman–Crippen LogP) is 1.03. The first-order valence-electron chi connectivity index (χ1n) is 7.77. The first-order chi connectivity index (χ1) is 10.9. The molecule has 1 aromatic carbocycles. The number of benzene rings is 1. The summed E-state index contributed by atoms with van der Waals surface area (Å²) in [5.41, 5.74) is -0.420. The van der Waals surface area contributed by atoms with E-state index in [0.717, 1.165) is 24.2 Å². The predicted molar refractivity (Wildman–Crippen MR) is 86.0 cm³/mol. The molecule has 0 bridgehead atoms. The number of ether oxygens (including phenoxy) is 1. The van der Waals surface area contributed by atoms with Gasteiger partial charge in [0, 0.05) is 13.5 Å². The molecule has 1 saturated heterocycles. The van der Waals surface area contributed by atoms with Gasteiger partial charge >= 0.3 is 0 Å². The Hall–Kier alpha value is -2.08. The molecule has 0 spiro atoms. The minimum atomic E-state index is -1.16. The summed E-state index contributed by atoms with van der Waals surface area (Å²) in [6.45, 7) is 3.66. The molecule has 0 aliphatic carbocycles. The van der Waals surface area contributed by atoms with Crippen molar-refractivity contribution < 1.29 is 19.4 Å². The number of rotatable bonds is 5. The monoisotopic (exact) mass is 320 g/mol. The van der Waals surface area contributed by atoms with E-state index in [1.807, 2.05) is 12.1 Å². The number of carbonyl (C=O) groups is 2. The summed E-state index contributed by atoms with van der Waals surface area (Å²) >= 11 is 0. The van der Waals surface area contributed by atoms with Gasteiger partial charge < -0.3 is 20.1 Å². The first-order valence-corrected chi connectivity index (χ1v) is 7.77. The Kier molecular flexibility index (Phi) is 5.26. The molecule has 6 heteroatoms. The van der Waals surface area contributed by atoms with Crippen LogP contribution in [0.3, 0.4) is 0 Å². The molecule has 0 aromatic heterocycles. The molecule has 2 atom stereocenters. The van der Waals surface area contributed by atoms with Crippen molar-refractivity contribution in [2.24, 2.45) is 0 Å². The number of methoxy groups -OCH3 is 1. The van der Waals surface area contributed by atoms with Crippen LogP contribution in [0.4, 0.5) is 0 Å². The van der Waals surface area contributed by atoms with E-state index in [0.29, 0.717) is 6.54 Å². The highest BCUT2D eigenvalue weighted by molar-refractivity contribution is 5.84. The van der Waals surface area contributed by atoms with Crippen LogP contribution in [0.15, 0.2) is 24.3 Å². The third-order valence-electron chi connectivity index (χ3n) is 4.39. The second-order valence-electron chi connectivity index (χ2n) is 6.03. The number of carbonyl (C=O) groups excluding carboxylic acids is 2. The molecule has 1 aliphatic heterocycles. The maximum Gasteiger partial charge on any atom is 0.242 e. The average molecular weight is 320 g/mol. The smallest absolute Gasteiger partial charge is 0.242 e. The van der Waals surface area contributed by atoms with E-state index in [-0.39, 0.29) is 24.4 Å². The van der Waals surface area contributed by atoms with E-state index < -0.39 is 5.60 Å². The largest absolute Gasteiger partial charge is 0.497 e. The van der Waals surface area contributed by atoms with Gasteiger partial charge in [-0.1, -0.05) is 12.1 Å². The van der Waals surface area contributed by atoms with Gasteiger partial charge in [-0.2, -0.15) is 0 Å². The summed E-state index contributed by atoms with van der Waals surface area (Å²) in [6.07, 6.45) is 1.56. The third kappa shape index (κ3) is 3.82. The maximum atomic E-state index is 12.3. The number of nitrogens with one attached hydrogen (secondary N) is 1. The fourth-order valence-corrected chi connectivity index (χ4v) is 3.07. The van der Waals surface area contributed by atoms with Crippen molar-refractivity contribution in [3.05, 3.63) is 29.8 Å². The van der Waals surface area contributed by atoms with Crippen molar-refractivity contribution in [2.75, 3.05) is 20.2 Å². The highest BCUT2D eigenvalue weighted by atomic mass is 16.5. The van der Waals surface area contributed by atoms with Crippen molar-refractivity contribution >= 4 is 11.8 Å². The van der Waals surface area contributed by atoms with Crippen molar-refractivity contribution in [1.82, 2.24) is 10.2 Å². The van der Waals surface area contributed by atoms with Gasteiger partial charge in [0.1, 0.15) is 11.4 Å². The summed E-state index contributed by atoms with van der Waals surface area (Å²) in [4.78, 5) is 25.0. The van der Waals surface area contributed by atoms with Crippen molar-refractivity contribution in [3.8, 4) is 5.75 Å². The molecule has 23 heavy (non-hydrogen) atoms. The lowest BCUT2D eigenvalue weighted by atomic mass is 9.86. The first kappa shape index (κ1) is 17.3. The Bertz CT molecular complexity index is 568. The van der Waals surface area contributed by atoms with Gasteiger partial charge in [0.25, 0.3) is 0 Å². The highest BCUT2D eigenvalue weighted by Gasteiger charge is 2.42. The summed E-state index contributed by atoms with van der Waals surface area (Å²) in [5, 5.41) is 13.5. The van der Waals surface area contributed by atoms with Crippen LogP contribution in [0, 0.1) is 0 Å². The fraction of sp³-hybridized carbons (Fsp3) is 0.529. The molecule has 0 radical (unpaired) electrons. The SMILES string of the molecule is COc1ccc([C@](C)(O)[C@@H]2CCCN2C(=O)CNC(C)=O)cc1. The molecule has 0 saturated carbocycles. The van der Waals surface area contributed by atoms with Gasteiger partial charge in [0.15, 0.2) is 0 Å². The Morgan fingerprint density at radius 3 is 2.61 bits per heavy atom. The average Bonchev–Trinajstić information content (AvgIpc) is 3.03. The topological polar surface area (TPSA) is 78.9 Å². The normalized spacial score (nSPS) is 20.0. The minimum absolute atomic E-state index is 0.0372. The van der Waals surface area contributed by atoms with Crippen LogP contribution in [0.25, 0.3) is 0 Å². The number of hydrogen-bond donors (Lipinski definition) is 2. The zero-order valence-electron chi connectivity index (χ0n) is 13.8. The molecule has 1 aliphatic rings. The third-order valence-corrected chi connectivity index (χ3v) is 4.39. The number of hydrogen-bond acceptors (Lipinski definition) is 4. The molecular formula is C17H24N2O4. The van der Waals surface area contributed by atoms with E-state index in [2.05, 4.69) is 5.32 Å². The summed E-state index contributed by atoms with van der Waals surface area (Å²) in [5.74, 6) is 0.307. The Morgan fingerprint density at radius 2 is 2.04 bits per heavy atom. The van der Waals surface area contributed by atoms with Crippen LogP contribution in [-0.4, -0.2) is 48.1 Å². The maximum absolute atomic E-state index is 12.3. The number of likely N-dealkylation sites (tertiary alicyclic amines) is 1. The van der Waals surface area contributed by atoms with Crippen molar-refractivity contribution in [3.63, 3.8) is 0 Å². The molecular weight excluding hydrogens is 296 g/mol. The van der Waals surface area contributed by atoms with Crippen LogP contribution in [0.5, 0.6) is 5.75 Å². The summed E-state index contributed by atoms with van der Waals surface area (Å²) in [7, 11) is 1.59. The Morgan fingerprint density at radius 1 is 1.39 bits per heavy atom. The van der Waals surface area contributed by atoms with E-state index in [9.17, 15) is 14.7 Å². The molecule has 126 valence electrons. The molecule has 2 rings (SSSR count). The van der Waals surface area contributed by atoms with Crippen LogP contribution in [0.2, 0.25) is 0 Å². The lowest BCUT2D eigenvalue weighted by molar-refractivity contribution is -0.138. The second kappa shape index (κ2) is 7.00.